The van der Waals surface area contributed by atoms with Crippen molar-refractivity contribution < 1.29 is 14.7 Å². The molecule has 0 saturated heterocycles. The molecule has 7 heteroatoms. The van der Waals surface area contributed by atoms with Crippen molar-refractivity contribution in [1.29, 1.82) is 0 Å². The summed E-state index contributed by atoms with van der Waals surface area (Å²) >= 11 is 7.91. The molecule has 108 valence electrons. The predicted octanol–water partition coefficient (Wildman–Crippen LogP) is 4.29. The Morgan fingerprint density at radius 3 is 2.29 bits per heavy atom. The van der Waals surface area contributed by atoms with Crippen molar-refractivity contribution in [3.05, 3.63) is 56.6 Å². The van der Waals surface area contributed by atoms with E-state index in [0.717, 1.165) is 3.57 Å². The molecule has 0 spiro atoms. The fourth-order valence-corrected chi connectivity index (χ4v) is 2.58. The Morgan fingerprint density at radius 2 is 1.71 bits per heavy atom. The zero-order valence-electron chi connectivity index (χ0n) is 10.6. The Kier molecular flexibility index (Phi) is 5.03. The van der Waals surface area contributed by atoms with Gasteiger partial charge in [0.2, 0.25) is 0 Å². The fraction of sp³-hybridized carbons (Fsp3) is 0. The standard InChI is InChI=1S/C14H10ClIN2O3/c15-9-3-6-12(11(16)7-9)18-14(21)17-10-4-1-8(2-5-10)13(19)20/h1-7H,(H,19,20)(H2,17,18,21). The minimum absolute atomic E-state index is 0.160. The van der Waals surface area contributed by atoms with E-state index >= 15 is 0 Å². The highest BCUT2D eigenvalue weighted by Gasteiger charge is 2.07. The highest BCUT2D eigenvalue weighted by Crippen LogP contribution is 2.22. The van der Waals surface area contributed by atoms with Gasteiger partial charge in [0.25, 0.3) is 0 Å². The number of halogens is 2. The van der Waals surface area contributed by atoms with Crippen LogP contribution in [0.3, 0.4) is 0 Å². The van der Waals surface area contributed by atoms with Gasteiger partial charge in [-0.25, -0.2) is 9.59 Å². The van der Waals surface area contributed by atoms with E-state index in [9.17, 15) is 9.59 Å². The quantitative estimate of drug-likeness (QED) is 0.653. The van der Waals surface area contributed by atoms with Crippen LogP contribution in [0.1, 0.15) is 10.4 Å². The molecule has 0 atom stereocenters. The SMILES string of the molecule is O=C(Nc1ccc(C(=O)O)cc1)Nc1ccc(Cl)cc1I. The first-order valence-corrected chi connectivity index (χ1v) is 7.28. The average molecular weight is 417 g/mol. The Labute approximate surface area is 139 Å². The zero-order chi connectivity index (χ0) is 15.4. The normalized spacial score (nSPS) is 10.0. The number of nitrogens with one attached hydrogen (secondary N) is 2. The van der Waals surface area contributed by atoms with Crippen LogP contribution in [0.2, 0.25) is 5.02 Å². The smallest absolute Gasteiger partial charge is 0.335 e. The van der Waals surface area contributed by atoms with Crippen LogP contribution in [0.25, 0.3) is 0 Å². The van der Waals surface area contributed by atoms with Crippen LogP contribution in [0, 0.1) is 3.57 Å². The number of hydrogen-bond acceptors (Lipinski definition) is 2. The lowest BCUT2D eigenvalue weighted by molar-refractivity contribution is 0.0697. The summed E-state index contributed by atoms with van der Waals surface area (Å²) in [5, 5.41) is 14.7. The van der Waals surface area contributed by atoms with E-state index in [1.54, 1.807) is 18.2 Å². The van der Waals surface area contributed by atoms with Gasteiger partial charge in [-0.2, -0.15) is 0 Å². The molecular formula is C14H10ClIN2O3. The van der Waals surface area contributed by atoms with Gasteiger partial charge in [-0.3, -0.25) is 0 Å². The molecule has 0 aromatic heterocycles. The molecule has 2 aromatic carbocycles. The van der Waals surface area contributed by atoms with Gasteiger partial charge in [-0.05, 0) is 65.1 Å². The van der Waals surface area contributed by atoms with Crippen LogP contribution in [-0.4, -0.2) is 17.1 Å². The van der Waals surface area contributed by atoms with Crippen LogP contribution < -0.4 is 10.6 Å². The van der Waals surface area contributed by atoms with Crippen molar-refractivity contribution in [2.75, 3.05) is 10.6 Å². The molecule has 2 amide bonds. The van der Waals surface area contributed by atoms with E-state index in [4.69, 9.17) is 16.7 Å². The first kappa shape index (κ1) is 15.6. The van der Waals surface area contributed by atoms with E-state index in [2.05, 4.69) is 33.2 Å². The number of urea groups is 1. The van der Waals surface area contributed by atoms with E-state index in [-0.39, 0.29) is 5.56 Å². The Morgan fingerprint density at radius 1 is 1.05 bits per heavy atom. The van der Waals surface area contributed by atoms with Crippen molar-refractivity contribution in [1.82, 2.24) is 0 Å². The number of rotatable bonds is 3. The van der Waals surface area contributed by atoms with Gasteiger partial charge in [0, 0.05) is 14.3 Å². The van der Waals surface area contributed by atoms with E-state index in [1.165, 1.54) is 24.3 Å². The molecule has 0 saturated carbocycles. The van der Waals surface area contributed by atoms with Crippen molar-refractivity contribution in [2.45, 2.75) is 0 Å². The molecule has 0 unspecified atom stereocenters. The minimum atomic E-state index is -1.01. The molecule has 0 aliphatic carbocycles. The molecule has 3 N–H and O–H groups in total. The van der Waals surface area contributed by atoms with Gasteiger partial charge in [0.15, 0.2) is 0 Å². The summed E-state index contributed by atoms with van der Waals surface area (Å²) in [5.41, 5.74) is 1.30. The number of carbonyl (C=O) groups is 2. The van der Waals surface area contributed by atoms with Crippen molar-refractivity contribution in [2.24, 2.45) is 0 Å². The van der Waals surface area contributed by atoms with E-state index in [1.807, 2.05) is 0 Å². The van der Waals surface area contributed by atoms with E-state index in [0.29, 0.717) is 16.4 Å². The van der Waals surface area contributed by atoms with Gasteiger partial charge in [0.1, 0.15) is 0 Å². The third-order valence-corrected chi connectivity index (χ3v) is 3.70. The number of anilines is 2. The number of hydrogen-bond donors (Lipinski definition) is 3. The number of carbonyl (C=O) groups excluding carboxylic acids is 1. The molecule has 5 nitrogen and oxygen atoms in total. The second-order valence-electron chi connectivity index (χ2n) is 4.09. The second-order valence-corrected chi connectivity index (χ2v) is 5.68. The van der Waals surface area contributed by atoms with Gasteiger partial charge in [-0.15, -0.1) is 0 Å². The maximum atomic E-state index is 11.9. The first-order valence-electron chi connectivity index (χ1n) is 5.82. The Balaban J connectivity index is 2.02. The fourth-order valence-electron chi connectivity index (χ4n) is 1.57. The maximum absolute atomic E-state index is 11.9. The summed E-state index contributed by atoms with van der Waals surface area (Å²) in [6.07, 6.45) is 0. The molecule has 0 radical (unpaired) electrons. The van der Waals surface area contributed by atoms with E-state index < -0.39 is 12.0 Å². The van der Waals surface area contributed by atoms with Crippen LogP contribution >= 0.6 is 34.2 Å². The molecule has 2 aromatic rings. The molecule has 0 aliphatic heterocycles. The van der Waals surface area contributed by atoms with Crippen LogP contribution in [0.4, 0.5) is 16.2 Å². The monoisotopic (exact) mass is 416 g/mol. The lowest BCUT2D eigenvalue weighted by Gasteiger charge is -2.09. The summed E-state index contributed by atoms with van der Waals surface area (Å²) in [6, 6.07) is 10.6. The number of aromatic carboxylic acids is 1. The molecule has 0 aliphatic rings. The first-order chi connectivity index (χ1) is 9.95. The largest absolute Gasteiger partial charge is 0.478 e. The summed E-state index contributed by atoms with van der Waals surface area (Å²) in [6.45, 7) is 0. The second kappa shape index (κ2) is 6.77. The summed E-state index contributed by atoms with van der Waals surface area (Å²) in [5.74, 6) is -1.01. The molecular weight excluding hydrogens is 407 g/mol. The zero-order valence-corrected chi connectivity index (χ0v) is 13.5. The number of carboxylic acids is 1. The van der Waals surface area contributed by atoms with Crippen molar-refractivity contribution >= 4 is 57.6 Å². The Bertz CT molecular complexity index is 689. The molecule has 0 heterocycles. The third kappa shape index (κ3) is 4.33. The maximum Gasteiger partial charge on any atom is 0.335 e. The number of amides is 2. The lowest BCUT2D eigenvalue weighted by Crippen LogP contribution is -2.20. The summed E-state index contributed by atoms with van der Waals surface area (Å²) in [7, 11) is 0. The molecule has 0 fully saturated rings. The predicted molar refractivity (Wildman–Crippen MR) is 90.2 cm³/mol. The Hall–Kier alpha value is -1.80. The minimum Gasteiger partial charge on any atom is -0.478 e. The van der Waals surface area contributed by atoms with Gasteiger partial charge in [-0.1, -0.05) is 11.6 Å². The van der Waals surface area contributed by atoms with Crippen molar-refractivity contribution in [3.63, 3.8) is 0 Å². The highest BCUT2D eigenvalue weighted by atomic mass is 127. The number of carboxylic acid groups (broad SMARTS) is 1. The van der Waals surface area contributed by atoms with Crippen LogP contribution in [0.15, 0.2) is 42.5 Å². The average Bonchev–Trinajstić information content (AvgIpc) is 2.42. The molecule has 21 heavy (non-hydrogen) atoms. The van der Waals surface area contributed by atoms with Gasteiger partial charge >= 0.3 is 12.0 Å². The van der Waals surface area contributed by atoms with Crippen LogP contribution in [0.5, 0.6) is 0 Å². The number of benzene rings is 2. The highest BCUT2D eigenvalue weighted by molar-refractivity contribution is 14.1. The molecule has 2 rings (SSSR count). The van der Waals surface area contributed by atoms with Crippen LogP contribution in [-0.2, 0) is 0 Å². The van der Waals surface area contributed by atoms with Crippen molar-refractivity contribution in [3.8, 4) is 0 Å². The summed E-state index contributed by atoms with van der Waals surface area (Å²) < 4.78 is 0.816. The third-order valence-electron chi connectivity index (χ3n) is 2.57. The lowest BCUT2D eigenvalue weighted by atomic mass is 10.2. The summed E-state index contributed by atoms with van der Waals surface area (Å²) in [4.78, 5) is 22.6. The van der Waals surface area contributed by atoms with Gasteiger partial charge < -0.3 is 15.7 Å². The molecule has 0 bridgehead atoms. The van der Waals surface area contributed by atoms with Gasteiger partial charge in [0.05, 0.1) is 11.3 Å². The topological polar surface area (TPSA) is 78.4 Å².